The maximum absolute atomic E-state index is 13.1. The summed E-state index contributed by atoms with van der Waals surface area (Å²) in [5.41, 5.74) is 4.64. The zero-order valence-electron chi connectivity index (χ0n) is 14.8. The van der Waals surface area contributed by atoms with Crippen molar-refractivity contribution in [1.82, 2.24) is 4.73 Å². The number of hydrogen-bond donors (Lipinski definition) is 0. The second-order valence-corrected chi connectivity index (χ2v) is 6.29. The first-order chi connectivity index (χ1) is 12.7. The van der Waals surface area contributed by atoms with Crippen molar-refractivity contribution in [1.29, 1.82) is 0 Å². The fourth-order valence-electron chi connectivity index (χ4n) is 3.42. The topological polar surface area (TPSA) is 31.2 Å². The van der Waals surface area contributed by atoms with E-state index in [2.05, 4.69) is 12.1 Å². The summed E-state index contributed by atoms with van der Waals surface area (Å²) in [7, 11) is 1.53. The summed E-state index contributed by atoms with van der Waals surface area (Å²) < 4.78 is 1.40. The highest BCUT2D eigenvalue weighted by Crippen LogP contribution is 2.36. The summed E-state index contributed by atoms with van der Waals surface area (Å²) >= 11 is 0. The minimum Gasteiger partial charge on any atom is -0.413 e. The van der Waals surface area contributed by atoms with Crippen molar-refractivity contribution < 1.29 is 4.84 Å². The maximum Gasteiger partial charge on any atom is 0.291 e. The minimum absolute atomic E-state index is 0.148. The lowest BCUT2D eigenvalue weighted by Gasteiger charge is -2.19. The van der Waals surface area contributed by atoms with Crippen molar-refractivity contribution in [2.45, 2.75) is 6.92 Å². The van der Waals surface area contributed by atoms with E-state index in [1.807, 2.05) is 73.7 Å². The van der Waals surface area contributed by atoms with Gasteiger partial charge in [-0.2, -0.15) is 0 Å². The van der Waals surface area contributed by atoms with Gasteiger partial charge in [0.2, 0.25) is 0 Å². The normalized spacial score (nSPS) is 10.8. The second-order valence-electron chi connectivity index (χ2n) is 6.29. The molecular formula is C23H19NO2. The molecule has 0 aliphatic rings. The van der Waals surface area contributed by atoms with E-state index in [1.54, 1.807) is 0 Å². The standard InChI is InChI=1S/C23H19NO2/c1-16-13-14-19-20(15-16)23(25)24(26-2)22(18-11-7-4-8-12-18)21(19)17-9-5-3-6-10-17/h3-15H,1-2H3. The Morgan fingerprint density at radius 1 is 0.769 bits per heavy atom. The lowest BCUT2D eigenvalue weighted by molar-refractivity contribution is 0.163. The van der Waals surface area contributed by atoms with Crippen LogP contribution in [0.5, 0.6) is 0 Å². The van der Waals surface area contributed by atoms with Gasteiger partial charge in [-0.25, -0.2) is 0 Å². The van der Waals surface area contributed by atoms with Crippen molar-refractivity contribution in [3.8, 4) is 22.4 Å². The first-order valence-electron chi connectivity index (χ1n) is 8.55. The van der Waals surface area contributed by atoms with Crippen molar-refractivity contribution in [2.24, 2.45) is 0 Å². The van der Waals surface area contributed by atoms with Gasteiger partial charge in [-0.05, 0) is 23.9 Å². The van der Waals surface area contributed by atoms with Crippen molar-refractivity contribution in [2.75, 3.05) is 7.11 Å². The number of hydrogen-bond acceptors (Lipinski definition) is 2. The number of fused-ring (bicyclic) bond motifs is 1. The minimum atomic E-state index is -0.148. The molecule has 0 bridgehead atoms. The molecule has 4 aromatic rings. The third-order valence-corrected chi connectivity index (χ3v) is 4.59. The van der Waals surface area contributed by atoms with Crippen LogP contribution in [0.15, 0.2) is 83.7 Å². The Balaban J connectivity index is 2.24. The van der Waals surface area contributed by atoms with Crippen LogP contribution in [0.4, 0.5) is 0 Å². The van der Waals surface area contributed by atoms with Gasteiger partial charge < -0.3 is 4.84 Å². The highest BCUT2D eigenvalue weighted by molar-refractivity contribution is 6.02. The monoisotopic (exact) mass is 341 g/mol. The van der Waals surface area contributed by atoms with E-state index in [9.17, 15) is 4.79 Å². The molecule has 0 aliphatic heterocycles. The van der Waals surface area contributed by atoms with Gasteiger partial charge in [0.1, 0.15) is 7.11 Å². The molecule has 3 aromatic carbocycles. The van der Waals surface area contributed by atoms with Gasteiger partial charge in [0.25, 0.3) is 5.56 Å². The van der Waals surface area contributed by atoms with Crippen LogP contribution in [-0.2, 0) is 0 Å². The summed E-state index contributed by atoms with van der Waals surface area (Å²) in [5, 5.41) is 1.59. The van der Waals surface area contributed by atoms with E-state index in [1.165, 1.54) is 11.8 Å². The third-order valence-electron chi connectivity index (χ3n) is 4.59. The number of pyridine rings is 1. The van der Waals surface area contributed by atoms with Crippen LogP contribution in [0.3, 0.4) is 0 Å². The highest BCUT2D eigenvalue weighted by atomic mass is 16.6. The van der Waals surface area contributed by atoms with E-state index in [-0.39, 0.29) is 5.56 Å². The maximum atomic E-state index is 13.1. The van der Waals surface area contributed by atoms with E-state index in [0.717, 1.165) is 33.3 Å². The zero-order valence-corrected chi connectivity index (χ0v) is 14.8. The van der Waals surface area contributed by atoms with Gasteiger partial charge in [0.15, 0.2) is 0 Å². The van der Waals surface area contributed by atoms with Crippen LogP contribution in [0.1, 0.15) is 5.56 Å². The molecule has 3 heteroatoms. The molecule has 26 heavy (non-hydrogen) atoms. The van der Waals surface area contributed by atoms with E-state index in [0.29, 0.717) is 5.39 Å². The largest absolute Gasteiger partial charge is 0.413 e. The predicted octanol–water partition coefficient (Wildman–Crippen LogP) is 4.70. The quantitative estimate of drug-likeness (QED) is 0.541. The van der Waals surface area contributed by atoms with Gasteiger partial charge in [-0.1, -0.05) is 78.4 Å². The van der Waals surface area contributed by atoms with Crippen molar-refractivity contribution in [3.63, 3.8) is 0 Å². The highest BCUT2D eigenvalue weighted by Gasteiger charge is 2.20. The second kappa shape index (κ2) is 6.52. The molecule has 0 saturated carbocycles. The summed E-state index contributed by atoms with van der Waals surface area (Å²) in [6, 6.07) is 26.0. The molecule has 0 unspecified atom stereocenters. The fourth-order valence-corrected chi connectivity index (χ4v) is 3.42. The molecule has 0 saturated heterocycles. The summed E-state index contributed by atoms with van der Waals surface area (Å²) in [4.78, 5) is 18.7. The van der Waals surface area contributed by atoms with Crippen LogP contribution in [-0.4, -0.2) is 11.8 Å². The molecule has 1 heterocycles. The lowest BCUT2D eigenvalue weighted by Crippen LogP contribution is -2.27. The first-order valence-corrected chi connectivity index (χ1v) is 8.55. The molecule has 0 amide bonds. The van der Waals surface area contributed by atoms with Crippen LogP contribution in [0.25, 0.3) is 33.2 Å². The van der Waals surface area contributed by atoms with Gasteiger partial charge in [-0.3, -0.25) is 4.79 Å². The molecule has 0 spiro atoms. The number of aryl methyl sites for hydroxylation is 1. The Morgan fingerprint density at radius 2 is 1.38 bits per heavy atom. The molecule has 1 aromatic heterocycles. The molecule has 4 rings (SSSR count). The Kier molecular flexibility index (Phi) is 4.05. The Hall–Kier alpha value is -3.33. The molecule has 0 radical (unpaired) electrons. The summed E-state index contributed by atoms with van der Waals surface area (Å²) in [6.07, 6.45) is 0. The van der Waals surface area contributed by atoms with E-state index in [4.69, 9.17) is 4.84 Å². The lowest BCUT2D eigenvalue weighted by atomic mass is 9.93. The molecule has 3 nitrogen and oxygen atoms in total. The molecule has 0 aliphatic carbocycles. The fraction of sp³-hybridized carbons (Fsp3) is 0.0870. The Bertz CT molecular complexity index is 1130. The van der Waals surface area contributed by atoms with Gasteiger partial charge >= 0.3 is 0 Å². The third kappa shape index (κ3) is 2.58. The molecule has 0 N–H and O–H groups in total. The van der Waals surface area contributed by atoms with E-state index >= 15 is 0 Å². The van der Waals surface area contributed by atoms with Gasteiger partial charge in [-0.15, -0.1) is 4.73 Å². The van der Waals surface area contributed by atoms with Crippen molar-refractivity contribution >= 4 is 10.8 Å². The number of benzene rings is 3. The molecule has 128 valence electrons. The SMILES string of the molecule is COn1c(-c2ccccc2)c(-c2ccccc2)c2ccc(C)cc2c1=O. The average Bonchev–Trinajstić information content (AvgIpc) is 2.69. The molecule has 0 atom stereocenters. The van der Waals surface area contributed by atoms with Crippen LogP contribution in [0.2, 0.25) is 0 Å². The van der Waals surface area contributed by atoms with Gasteiger partial charge in [0, 0.05) is 11.1 Å². The number of nitrogens with zero attached hydrogens (tertiary/aromatic N) is 1. The zero-order chi connectivity index (χ0) is 18.1. The molecule has 0 fully saturated rings. The van der Waals surface area contributed by atoms with E-state index < -0.39 is 0 Å². The summed E-state index contributed by atoms with van der Waals surface area (Å²) in [6.45, 7) is 1.99. The van der Waals surface area contributed by atoms with Crippen LogP contribution >= 0.6 is 0 Å². The average molecular weight is 341 g/mol. The predicted molar refractivity (Wildman–Crippen MR) is 106 cm³/mol. The van der Waals surface area contributed by atoms with Crippen LogP contribution in [0, 0.1) is 6.92 Å². The van der Waals surface area contributed by atoms with Gasteiger partial charge in [0.05, 0.1) is 11.1 Å². The van der Waals surface area contributed by atoms with Crippen LogP contribution < -0.4 is 10.4 Å². The number of rotatable bonds is 3. The summed E-state index contributed by atoms with van der Waals surface area (Å²) in [5.74, 6) is 0. The Morgan fingerprint density at radius 3 is 2.00 bits per heavy atom. The first kappa shape index (κ1) is 16.2. The van der Waals surface area contributed by atoms with Crippen molar-refractivity contribution in [3.05, 3.63) is 94.8 Å². The smallest absolute Gasteiger partial charge is 0.291 e. The molecular weight excluding hydrogens is 322 g/mol. The number of aromatic nitrogens is 1. The Labute approximate surface area is 152 Å².